The summed E-state index contributed by atoms with van der Waals surface area (Å²) in [4.78, 5) is 12.0. The maximum Gasteiger partial charge on any atom is 0.224 e. The lowest BCUT2D eigenvalue weighted by Crippen LogP contribution is -2.17. The van der Waals surface area contributed by atoms with Gasteiger partial charge in [0.25, 0.3) is 0 Å². The fourth-order valence-electron chi connectivity index (χ4n) is 2.66. The van der Waals surface area contributed by atoms with Crippen molar-refractivity contribution < 1.29 is 4.79 Å². The third-order valence-electron chi connectivity index (χ3n) is 3.61. The maximum atomic E-state index is 12.0. The molecule has 0 aromatic heterocycles. The van der Waals surface area contributed by atoms with Crippen LogP contribution in [0.4, 0.5) is 5.69 Å². The van der Waals surface area contributed by atoms with Gasteiger partial charge in [-0.25, -0.2) is 0 Å². The van der Waals surface area contributed by atoms with E-state index in [0.717, 1.165) is 17.8 Å². The van der Waals surface area contributed by atoms with Crippen LogP contribution in [-0.2, 0) is 11.3 Å². The van der Waals surface area contributed by atoms with Crippen molar-refractivity contribution >= 4 is 11.6 Å². The molecule has 2 N–H and O–H groups in total. The average molecular weight is 246 g/mol. The molecule has 0 radical (unpaired) electrons. The van der Waals surface area contributed by atoms with Crippen LogP contribution in [0.3, 0.4) is 0 Å². The van der Waals surface area contributed by atoms with E-state index in [1.807, 2.05) is 31.3 Å². The zero-order chi connectivity index (χ0) is 12.8. The summed E-state index contributed by atoms with van der Waals surface area (Å²) in [5.41, 5.74) is 2.08. The van der Waals surface area contributed by atoms with Crippen LogP contribution in [0.1, 0.15) is 37.7 Å². The van der Waals surface area contributed by atoms with Crippen molar-refractivity contribution in [2.24, 2.45) is 5.92 Å². The van der Waals surface area contributed by atoms with Gasteiger partial charge in [-0.15, -0.1) is 0 Å². The molecule has 0 aliphatic heterocycles. The van der Waals surface area contributed by atoms with Crippen molar-refractivity contribution in [3.63, 3.8) is 0 Å². The molecule has 0 heterocycles. The van der Waals surface area contributed by atoms with Crippen LogP contribution >= 0.6 is 0 Å². The van der Waals surface area contributed by atoms with Gasteiger partial charge >= 0.3 is 0 Å². The molecule has 1 aromatic rings. The van der Waals surface area contributed by atoms with E-state index in [9.17, 15) is 4.79 Å². The van der Waals surface area contributed by atoms with E-state index < -0.39 is 0 Å². The third kappa shape index (κ3) is 3.57. The number of rotatable bonds is 5. The molecule has 1 aromatic carbocycles. The molecule has 0 bridgehead atoms. The van der Waals surface area contributed by atoms with Crippen LogP contribution < -0.4 is 10.6 Å². The number of benzene rings is 1. The fourth-order valence-corrected chi connectivity index (χ4v) is 2.66. The van der Waals surface area contributed by atoms with E-state index in [1.165, 1.54) is 25.7 Å². The van der Waals surface area contributed by atoms with E-state index in [-0.39, 0.29) is 5.91 Å². The van der Waals surface area contributed by atoms with Crippen molar-refractivity contribution in [1.82, 2.24) is 5.32 Å². The highest BCUT2D eigenvalue weighted by Gasteiger charge is 2.18. The summed E-state index contributed by atoms with van der Waals surface area (Å²) in [6, 6.07) is 7.98. The van der Waals surface area contributed by atoms with E-state index >= 15 is 0 Å². The SMILES string of the molecule is CNCc1ccccc1NC(=O)CC1CCCC1. The molecule has 0 unspecified atom stereocenters. The summed E-state index contributed by atoms with van der Waals surface area (Å²) in [7, 11) is 1.91. The second-order valence-corrected chi connectivity index (χ2v) is 5.09. The van der Waals surface area contributed by atoms with Crippen LogP contribution in [0.5, 0.6) is 0 Å². The highest BCUT2D eigenvalue weighted by molar-refractivity contribution is 5.91. The topological polar surface area (TPSA) is 41.1 Å². The highest BCUT2D eigenvalue weighted by Crippen LogP contribution is 2.28. The number of para-hydroxylation sites is 1. The molecule has 0 spiro atoms. The average Bonchev–Trinajstić information content (AvgIpc) is 2.84. The molecule has 98 valence electrons. The Morgan fingerprint density at radius 1 is 1.28 bits per heavy atom. The minimum absolute atomic E-state index is 0.158. The minimum atomic E-state index is 0.158. The van der Waals surface area contributed by atoms with Crippen molar-refractivity contribution in [2.45, 2.75) is 38.6 Å². The van der Waals surface area contributed by atoms with Gasteiger partial charge in [0.15, 0.2) is 0 Å². The van der Waals surface area contributed by atoms with Gasteiger partial charge in [0.2, 0.25) is 5.91 Å². The van der Waals surface area contributed by atoms with E-state index in [4.69, 9.17) is 0 Å². The lowest BCUT2D eigenvalue weighted by Gasteiger charge is -2.12. The summed E-state index contributed by atoms with van der Waals surface area (Å²) < 4.78 is 0. The molecule has 3 nitrogen and oxygen atoms in total. The van der Waals surface area contributed by atoms with Gasteiger partial charge in [0, 0.05) is 18.7 Å². The third-order valence-corrected chi connectivity index (χ3v) is 3.61. The predicted octanol–water partition coefficient (Wildman–Crippen LogP) is 2.92. The number of amides is 1. The number of hydrogen-bond acceptors (Lipinski definition) is 2. The van der Waals surface area contributed by atoms with Crippen molar-refractivity contribution in [3.8, 4) is 0 Å². The van der Waals surface area contributed by atoms with Crippen LogP contribution in [0.2, 0.25) is 0 Å². The molecule has 1 aliphatic rings. The van der Waals surface area contributed by atoms with Gasteiger partial charge in [-0.1, -0.05) is 31.0 Å². The Labute approximate surface area is 109 Å². The highest BCUT2D eigenvalue weighted by atomic mass is 16.1. The zero-order valence-electron chi connectivity index (χ0n) is 11.0. The molecule has 1 fully saturated rings. The first-order valence-electron chi connectivity index (χ1n) is 6.82. The van der Waals surface area contributed by atoms with Gasteiger partial charge in [-0.2, -0.15) is 0 Å². The van der Waals surface area contributed by atoms with Gasteiger partial charge in [-0.3, -0.25) is 4.79 Å². The summed E-state index contributed by atoms with van der Waals surface area (Å²) in [6.07, 6.45) is 5.67. The van der Waals surface area contributed by atoms with Crippen LogP contribution in [-0.4, -0.2) is 13.0 Å². The van der Waals surface area contributed by atoms with Crippen molar-refractivity contribution in [2.75, 3.05) is 12.4 Å². The molecule has 0 saturated heterocycles. The Balaban J connectivity index is 1.93. The summed E-state index contributed by atoms with van der Waals surface area (Å²) in [6.45, 7) is 0.778. The van der Waals surface area contributed by atoms with Gasteiger partial charge in [-0.05, 0) is 37.4 Å². The number of carbonyl (C=O) groups excluding carboxylic acids is 1. The monoisotopic (exact) mass is 246 g/mol. The number of hydrogen-bond donors (Lipinski definition) is 2. The first kappa shape index (κ1) is 13.1. The Hall–Kier alpha value is -1.35. The second kappa shape index (κ2) is 6.55. The number of anilines is 1. The largest absolute Gasteiger partial charge is 0.326 e. The molecular formula is C15H22N2O. The van der Waals surface area contributed by atoms with Crippen molar-refractivity contribution in [1.29, 1.82) is 0 Å². The summed E-state index contributed by atoms with van der Waals surface area (Å²) in [5.74, 6) is 0.756. The summed E-state index contributed by atoms with van der Waals surface area (Å²) in [5, 5.41) is 6.16. The van der Waals surface area contributed by atoms with E-state index in [2.05, 4.69) is 10.6 Å². The van der Waals surface area contributed by atoms with Crippen molar-refractivity contribution in [3.05, 3.63) is 29.8 Å². The first-order chi connectivity index (χ1) is 8.79. The van der Waals surface area contributed by atoms with Gasteiger partial charge in [0.05, 0.1) is 0 Å². The fraction of sp³-hybridized carbons (Fsp3) is 0.533. The first-order valence-corrected chi connectivity index (χ1v) is 6.82. The minimum Gasteiger partial charge on any atom is -0.326 e. The molecular weight excluding hydrogens is 224 g/mol. The van der Waals surface area contributed by atoms with Crippen LogP contribution in [0, 0.1) is 5.92 Å². The predicted molar refractivity (Wildman–Crippen MR) is 74.4 cm³/mol. The molecule has 1 amide bonds. The summed E-state index contributed by atoms with van der Waals surface area (Å²) >= 11 is 0. The molecule has 0 atom stereocenters. The lowest BCUT2D eigenvalue weighted by atomic mass is 10.0. The Morgan fingerprint density at radius 3 is 2.72 bits per heavy atom. The molecule has 3 heteroatoms. The number of carbonyl (C=O) groups is 1. The van der Waals surface area contributed by atoms with Crippen LogP contribution in [0.15, 0.2) is 24.3 Å². The van der Waals surface area contributed by atoms with Gasteiger partial charge in [0.1, 0.15) is 0 Å². The normalized spacial score (nSPS) is 15.8. The Kier molecular flexibility index (Phi) is 4.76. The molecule has 2 rings (SSSR count). The van der Waals surface area contributed by atoms with E-state index in [1.54, 1.807) is 0 Å². The molecule has 18 heavy (non-hydrogen) atoms. The van der Waals surface area contributed by atoms with Gasteiger partial charge < -0.3 is 10.6 Å². The maximum absolute atomic E-state index is 12.0. The Bertz CT molecular complexity index is 397. The zero-order valence-corrected chi connectivity index (χ0v) is 11.0. The second-order valence-electron chi connectivity index (χ2n) is 5.09. The standard InChI is InChI=1S/C15H22N2O/c1-16-11-13-8-4-5-9-14(13)17-15(18)10-12-6-2-3-7-12/h4-5,8-9,12,16H,2-3,6-7,10-11H2,1H3,(H,17,18). The lowest BCUT2D eigenvalue weighted by molar-refractivity contribution is -0.117. The van der Waals surface area contributed by atoms with Crippen LogP contribution in [0.25, 0.3) is 0 Å². The Morgan fingerprint density at radius 2 is 2.00 bits per heavy atom. The quantitative estimate of drug-likeness (QED) is 0.838. The molecule has 1 aliphatic carbocycles. The molecule has 1 saturated carbocycles. The van der Waals surface area contributed by atoms with E-state index in [0.29, 0.717) is 12.3 Å². The smallest absolute Gasteiger partial charge is 0.224 e. The number of nitrogens with one attached hydrogen (secondary N) is 2.